The summed E-state index contributed by atoms with van der Waals surface area (Å²) in [5, 5.41) is 1.46. The Labute approximate surface area is 78.6 Å². The Morgan fingerprint density at radius 3 is 1.79 bits per heavy atom. The van der Waals surface area contributed by atoms with Crippen LogP contribution >= 0.6 is 15.2 Å². The molecule has 0 saturated carbocycles. The van der Waals surface area contributed by atoms with E-state index >= 15 is 0 Å². The third-order valence-electron chi connectivity index (χ3n) is 1.11. The Kier molecular flexibility index (Phi) is 4.41. The average Bonchev–Trinajstić information content (AvgIpc) is 1.95. The minimum absolute atomic E-state index is 0.628. The second kappa shape index (κ2) is 4.50. The molecule has 0 bridgehead atoms. The van der Waals surface area contributed by atoms with Gasteiger partial charge in [0.25, 0.3) is 0 Å². The SMILES string of the molecule is NCC(=O)NC(P(=O)(O)O)P(=O)(O)O. The highest BCUT2D eigenvalue weighted by Crippen LogP contribution is 2.58. The number of amides is 1. The van der Waals surface area contributed by atoms with Crippen LogP contribution in [0.2, 0.25) is 0 Å². The minimum Gasteiger partial charge on any atom is -0.331 e. The van der Waals surface area contributed by atoms with Crippen LogP contribution in [-0.2, 0) is 13.9 Å². The molecule has 0 saturated heterocycles. The summed E-state index contributed by atoms with van der Waals surface area (Å²) in [7, 11) is -10.2. The molecule has 11 heteroatoms. The van der Waals surface area contributed by atoms with Crippen molar-refractivity contribution in [3.63, 3.8) is 0 Å². The Balaban J connectivity index is 4.87. The van der Waals surface area contributed by atoms with Crippen LogP contribution in [0.3, 0.4) is 0 Å². The maximum Gasteiger partial charge on any atom is 0.360 e. The Hall–Kier alpha value is -0.270. The van der Waals surface area contributed by atoms with Gasteiger partial charge in [0.05, 0.1) is 6.54 Å². The molecule has 84 valence electrons. The van der Waals surface area contributed by atoms with Crippen molar-refractivity contribution >= 4 is 21.1 Å². The zero-order valence-corrected chi connectivity index (χ0v) is 8.56. The summed E-state index contributed by atoms with van der Waals surface area (Å²) in [6.45, 7) is -0.628. The molecule has 9 nitrogen and oxygen atoms in total. The van der Waals surface area contributed by atoms with Gasteiger partial charge in [-0.1, -0.05) is 0 Å². The van der Waals surface area contributed by atoms with Gasteiger partial charge >= 0.3 is 15.2 Å². The first-order valence-electron chi connectivity index (χ1n) is 3.19. The smallest absolute Gasteiger partial charge is 0.331 e. The molecule has 7 N–H and O–H groups in total. The topological polar surface area (TPSA) is 170 Å². The zero-order valence-electron chi connectivity index (χ0n) is 6.77. The molecule has 0 unspecified atom stereocenters. The molecule has 0 spiro atoms. The molecule has 0 radical (unpaired) electrons. The van der Waals surface area contributed by atoms with E-state index in [2.05, 4.69) is 0 Å². The number of nitrogens with one attached hydrogen (secondary N) is 1. The highest BCUT2D eigenvalue weighted by molar-refractivity contribution is 7.70. The molecule has 0 aliphatic rings. The predicted octanol–water partition coefficient (Wildman–Crippen LogP) is -2.30. The molecule has 0 heterocycles. The molecule has 0 aliphatic heterocycles. The summed E-state index contributed by atoms with van der Waals surface area (Å²) in [4.78, 5) is 44.7. The lowest BCUT2D eigenvalue weighted by molar-refractivity contribution is -0.119. The van der Waals surface area contributed by atoms with Gasteiger partial charge in [-0.2, -0.15) is 0 Å². The van der Waals surface area contributed by atoms with Gasteiger partial charge in [0, 0.05) is 0 Å². The van der Waals surface area contributed by atoms with Gasteiger partial charge in [-0.25, -0.2) is 0 Å². The highest BCUT2D eigenvalue weighted by atomic mass is 31.2. The van der Waals surface area contributed by atoms with Crippen LogP contribution in [0.15, 0.2) is 0 Å². The fourth-order valence-electron chi connectivity index (χ4n) is 0.567. The number of carbonyl (C=O) groups excluding carboxylic acids is 1. The maximum absolute atomic E-state index is 10.6. The fraction of sp³-hybridized carbons (Fsp3) is 0.667. The van der Waals surface area contributed by atoms with Gasteiger partial charge in [-0.15, -0.1) is 0 Å². The maximum atomic E-state index is 10.6. The van der Waals surface area contributed by atoms with Crippen molar-refractivity contribution in [1.29, 1.82) is 0 Å². The molecule has 0 aromatic carbocycles. The van der Waals surface area contributed by atoms with Crippen molar-refractivity contribution in [2.45, 2.75) is 5.52 Å². The van der Waals surface area contributed by atoms with Crippen LogP contribution in [0.1, 0.15) is 0 Å². The highest BCUT2D eigenvalue weighted by Gasteiger charge is 2.44. The lowest BCUT2D eigenvalue weighted by atomic mass is 10.6. The van der Waals surface area contributed by atoms with E-state index in [1.54, 1.807) is 0 Å². The second-order valence-electron chi connectivity index (χ2n) is 2.32. The van der Waals surface area contributed by atoms with Gasteiger partial charge in [0.2, 0.25) is 11.4 Å². The molecule has 0 fully saturated rings. The van der Waals surface area contributed by atoms with Crippen molar-refractivity contribution in [2.24, 2.45) is 5.73 Å². The summed E-state index contributed by atoms with van der Waals surface area (Å²) in [5.41, 5.74) is 2.25. The van der Waals surface area contributed by atoms with Crippen LogP contribution in [0, 0.1) is 0 Å². The average molecular weight is 248 g/mol. The summed E-state index contributed by atoms with van der Waals surface area (Å²) >= 11 is 0. The minimum atomic E-state index is -5.12. The molecule has 14 heavy (non-hydrogen) atoms. The first kappa shape index (κ1) is 13.7. The second-order valence-corrected chi connectivity index (χ2v) is 6.12. The van der Waals surface area contributed by atoms with Crippen molar-refractivity contribution in [3.05, 3.63) is 0 Å². The predicted molar refractivity (Wildman–Crippen MR) is 45.1 cm³/mol. The lowest BCUT2D eigenvalue weighted by Crippen LogP contribution is -2.38. The van der Waals surface area contributed by atoms with Crippen molar-refractivity contribution < 1.29 is 33.5 Å². The Morgan fingerprint density at radius 1 is 1.21 bits per heavy atom. The molecule has 1 amide bonds. The number of carbonyl (C=O) groups is 1. The Morgan fingerprint density at radius 2 is 1.57 bits per heavy atom. The van der Waals surface area contributed by atoms with Gasteiger partial charge in [-0.3, -0.25) is 13.9 Å². The van der Waals surface area contributed by atoms with E-state index in [4.69, 9.17) is 25.3 Å². The first-order chi connectivity index (χ1) is 6.09. The quantitative estimate of drug-likeness (QED) is 0.301. The molecule has 0 rings (SSSR count). The van der Waals surface area contributed by atoms with Crippen LogP contribution < -0.4 is 11.1 Å². The normalized spacial score (nSPS) is 13.0. The largest absolute Gasteiger partial charge is 0.360 e. The molecular formula is C3H10N2O7P2. The summed E-state index contributed by atoms with van der Waals surface area (Å²) in [5.74, 6) is -1.07. The molecule has 0 aromatic heterocycles. The van der Waals surface area contributed by atoms with E-state index < -0.39 is 33.2 Å². The third kappa shape index (κ3) is 4.30. The van der Waals surface area contributed by atoms with Gasteiger partial charge in [0.15, 0.2) is 0 Å². The van der Waals surface area contributed by atoms with E-state index in [1.165, 1.54) is 5.32 Å². The number of hydrogen-bond donors (Lipinski definition) is 6. The molecule has 0 aromatic rings. The molecule has 0 aliphatic carbocycles. The number of hydrogen-bond acceptors (Lipinski definition) is 4. The van der Waals surface area contributed by atoms with Crippen LogP contribution in [-0.4, -0.2) is 37.5 Å². The van der Waals surface area contributed by atoms with Crippen molar-refractivity contribution in [2.75, 3.05) is 6.54 Å². The third-order valence-corrected chi connectivity index (χ3v) is 4.45. The summed E-state index contributed by atoms with van der Waals surface area (Å²) in [6, 6.07) is 0. The Bertz CT molecular complexity index is 282. The van der Waals surface area contributed by atoms with Gasteiger partial charge < -0.3 is 30.6 Å². The van der Waals surface area contributed by atoms with Crippen LogP contribution in [0.4, 0.5) is 0 Å². The van der Waals surface area contributed by atoms with Crippen LogP contribution in [0.25, 0.3) is 0 Å². The van der Waals surface area contributed by atoms with Gasteiger partial charge in [-0.05, 0) is 0 Å². The van der Waals surface area contributed by atoms with E-state index in [0.717, 1.165) is 0 Å². The van der Waals surface area contributed by atoms with E-state index in [1.807, 2.05) is 0 Å². The molecule has 0 atom stereocenters. The monoisotopic (exact) mass is 248 g/mol. The van der Waals surface area contributed by atoms with E-state index in [9.17, 15) is 13.9 Å². The van der Waals surface area contributed by atoms with Crippen molar-refractivity contribution in [1.82, 2.24) is 5.32 Å². The molecular weight excluding hydrogens is 238 g/mol. The summed E-state index contributed by atoms with van der Waals surface area (Å²) in [6.07, 6.45) is 0. The standard InChI is InChI=1S/C3H10N2O7P2/c4-1-2(6)5-3(13(7,8)9)14(10,11)12/h3H,1,4H2,(H,5,6)(H2,7,8,9)(H2,10,11,12). The van der Waals surface area contributed by atoms with Gasteiger partial charge in [0.1, 0.15) is 0 Å². The lowest BCUT2D eigenvalue weighted by Gasteiger charge is -2.20. The zero-order chi connectivity index (χ0) is 11.6. The number of rotatable bonds is 4. The summed E-state index contributed by atoms with van der Waals surface area (Å²) < 4.78 is 21.2. The first-order valence-corrected chi connectivity index (χ1v) is 6.55. The van der Waals surface area contributed by atoms with Crippen LogP contribution in [0.5, 0.6) is 0 Å². The fourth-order valence-corrected chi connectivity index (χ4v) is 2.76. The van der Waals surface area contributed by atoms with E-state index in [-0.39, 0.29) is 0 Å². The van der Waals surface area contributed by atoms with Crippen molar-refractivity contribution in [3.8, 4) is 0 Å². The number of nitrogens with two attached hydrogens (primary N) is 1. The van der Waals surface area contributed by atoms with E-state index in [0.29, 0.717) is 0 Å².